The van der Waals surface area contributed by atoms with E-state index in [1.54, 1.807) is 7.11 Å². The minimum absolute atomic E-state index is 0.164. The van der Waals surface area contributed by atoms with Crippen LogP contribution in [0.25, 0.3) is 0 Å². The summed E-state index contributed by atoms with van der Waals surface area (Å²) in [5, 5.41) is 5.87. The molecule has 4 nitrogen and oxygen atoms in total. The van der Waals surface area contributed by atoms with E-state index in [2.05, 4.69) is 17.6 Å². The van der Waals surface area contributed by atoms with Crippen molar-refractivity contribution in [1.82, 2.24) is 5.32 Å². The summed E-state index contributed by atoms with van der Waals surface area (Å²) >= 11 is 0. The third kappa shape index (κ3) is 4.74. The predicted octanol–water partition coefficient (Wildman–Crippen LogP) is 3.93. The number of ether oxygens (including phenoxy) is 1. The number of nitrogens with one attached hydrogen (secondary N) is 2. The van der Waals surface area contributed by atoms with Crippen LogP contribution in [0, 0.1) is 6.92 Å². The van der Waals surface area contributed by atoms with Gasteiger partial charge >= 0.3 is 6.03 Å². The Morgan fingerprint density at radius 1 is 1.13 bits per heavy atom. The number of aryl methyl sites for hydroxylation is 2. The van der Waals surface area contributed by atoms with E-state index >= 15 is 0 Å². The highest BCUT2D eigenvalue weighted by Crippen LogP contribution is 2.20. The zero-order valence-electron chi connectivity index (χ0n) is 14.0. The molecule has 2 N–H and O–H groups in total. The Labute approximate surface area is 137 Å². The molecule has 0 heterocycles. The SMILES string of the molecule is CCc1cccc(C)c1NC(=O)NCCc1ccc(OC)cc1. The van der Waals surface area contributed by atoms with E-state index in [4.69, 9.17) is 4.74 Å². The van der Waals surface area contributed by atoms with Crippen molar-refractivity contribution in [2.24, 2.45) is 0 Å². The van der Waals surface area contributed by atoms with E-state index in [1.165, 1.54) is 0 Å². The quantitative estimate of drug-likeness (QED) is 0.849. The van der Waals surface area contributed by atoms with Gasteiger partial charge in [-0.3, -0.25) is 0 Å². The maximum absolute atomic E-state index is 12.1. The molecular weight excluding hydrogens is 288 g/mol. The third-order valence-corrected chi connectivity index (χ3v) is 3.84. The average Bonchev–Trinajstić information content (AvgIpc) is 2.57. The van der Waals surface area contributed by atoms with Crippen LogP contribution in [-0.4, -0.2) is 19.7 Å². The molecule has 0 aromatic heterocycles. The fourth-order valence-corrected chi connectivity index (χ4v) is 2.47. The van der Waals surface area contributed by atoms with E-state index in [9.17, 15) is 4.79 Å². The van der Waals surface area contributed by atoms with E-state index in [0.717, 1.165) is 41.0 Å². The molecule has 0 spiro atoms. The minimum atomic E-state index is -0.164. The fourth-order valence-electron chi connectivity index (χ4n) is 2.47. The van der Waals surface area contributed by atoms with Crippen LogP contribution in [0.1, 0.15) is 23.6 Å². The molecule has 0 bridgehead atoms. The molecule has 4 heteroatoms. The number of carbonyl (C=O) groups is 1. The molecular formula is C19H24N2O2. The molecule has 0 saturated carbocycles. The molecule has 0 saturated heterocycles. The van der Waals surface area contributed by atoms with Crippen molar-refractivity contribution in [2.45, 2.75) is 26.7 Å². The molecule has 2 rings (SSSR count). The van der Waals surface area contributed by atoms with Crippen molar-refractivity contribution in [3.05, 3.63) is 59.2 Å². The van der Waals surface area contributed by atoms with Gasteiger partial charge in [-0.2, -0.15) is 0 Å². The second-order valence-corrected chi connectivity index (χ2v) is 5.44. The van der Waals surface area contributed by atoms with Gasteiger partial charge in [0.25, 0.3) is 0 Å². The molecule has 2 aromatic carbocycles. The van der Waals surface area contributed by atoms with Crippen LogP contribution in [0.4, 0.5) is 10.5 Å². The lowest BCUT2D eigenvalue weighted by molar-refractivity contribution is 0.252. The fraction of sp³-hybridized carbons (Fsp3) is 0.316. The van der Waals surface area contributed by atoms with Gasteiger partial charge in [-0.1, -0.05) is 37.3 Å². The molecule has 23 heavy (non-hydrogen) atoms. The lowest BCUT2D eigenvalue weighted by atomic mass is 10.1. The highest BCUT2D eigenvalue weighted by Gasteiger charge is 2.08. The molecule has 2 amide bonds. The smallest absolute Gasteiger partial charge is 0.319 e. The largest absolute Gasteiger partial charge is 0.497 e. The van der Waals surface area contributed by atoms with Gasteiger partial charge in [0, 0.05) is 12.2 Å². The Morgan fingerprint density at radius 3 is 2.52 bits per heavy atom. The summed E-state index contributed by atoms with van der Waals surface area (Å²) in [6, 6.07) is 13.8. The normalized spacial score (nSPS) is 10.2. The zero-order valence-corrected chi connectivity index (χ0v) is 14.0. The molecule has 0 aliphatic carbocycles. The summed E-state index contributed by atoms with van der Waals surface area (Å²) < 4.78 is 5.13. The third-order valence-electron chi connectivity index (χ3n) is 3.84. The van der Waals surface area contributed by atoms with Gasteiger partial charge in [-0.05, 0) is 48.6 Å². The summed E-state index contributed by atoms with van der Waals surface area (Å²) in [4.78, 5) is 12.1. The number of urea groups is 1. The van der Waals surface area contributed by atoms with E-state index < -0.39 is 0 Å². The lowest BCUT2D eigenvalue weighted by Gasteiger charge is -2.13. The number of amides is 2. The number of rotatable bonds is 6. The van der Waals surface area contributed by atoms with Crippen molar-refractivity contribution in [1.29, 1.82) is 0 Å². The maximum atomic E-state index is 12.1. The van der Waals surface area contributed by atoms with Crippen LogP contribution in [0.3, 0.4) is 0 Å². The maximum Gasteiger partial charge on any atom is 0.319 e. The lowest BCUT2D eigenvalue weighted by Crippen LogP contribution is -2.31. The van der Waals surface area contributed by atoms with Crippen LogP contribution < -0.4 is 15.4 Å². The van der Waals surface area contributed by atoms with Crippen LogP contribution in [0.5, 0.6) is 5.75 Å². The molecule has 122 valence electrons. The molecule has 2 aromatic rings. The summed E-state index contributed by atoms with van der Waals surface area (Å²) in [5.74, 6) is 0.839. The predicted molar refractivity (Wildman–Crippen MR) is 94.3 cm³/mol. The Balaban J connectivity index is 1.85. The molecule has 0 aliphatic rings. The van der Waals surface area contributed by atoms with Crippen molar-refractivity contribution >= 4 is 11.7 Å². The zero-order chi connectivity index (χ0) is 16.7. The molecule has 0 radical (unpaired) electrons. The highest BCUT2D eigenvalue weighted by atomic mass is 16.5. The van der Waals surface area contributed by atoms with Crippen molar-refractivity contribution in [3.63, 3.8) is 0 Å². The topological polar surface area (TPSA) is 50.4 Å². The first-order valence-corrected chi connectivity index (χ1v) is 7.90. The summed E-state index contributed by atoms with van der Waals surface area (Å²) in [6.45, 7) is 4.68. The standard InChI is InChI=1S/C19H24N2O2/c1-4-16-7-5-6-14(2)18(16)21-19(22)20-13-12-15-8-10-17(23-3)11-9-15/h5-11H,4,12-13H2,1-3H3,(H2,20,21,22). The van der Waals surface area contributed by atoms with E-state index in [-0.39, 0.29) is 6.03 Å². The van der Waals surface area contributed by atoms with E-state index in [1.807, 2.05) is 49.4 Å². The molecule has 0 aliphatic heterocycles. The number of hydrogen-bond acceptors (Lipinski definition) is 2. The van der Waals surface area contributed by atoms with E-state index in [0.29, 0.717) is 6.54 Å². The van der Waals surface area contributed by atoms with Gasteiger partial charge in [-0.15, -0.1) is 0 Å². The van der Waals surface area contributed by atoms with Crippen molar-refractivity contribution in [2.75, 3.05) is 19.0 Å². The van der Waals surface area contributed by atoms with Crippen LogP contribution in [0.15, 0.2) is 42.5 Å². The van der Waals surface area contributed by atoms with Crippen LogP contribution in [0.2, 0.25) is 0 Å². The van der Waals surface area contributed by atoms with Crippen LogP contribution >= 0.6 is 0 Å². The second kappa shape index (κ2) is 8.22. The van der Waals surface area contributed by atoms with Gasteiger partial charge in [-0.25, -0.2) is 4.79 Å². The van der Waals surface area contributed by atoms with Crippen molar-refractivity contribution < 1.29 is 9.53 Å². The average molecular weight is 312 g/mol. The first kappa shape index (κ1) is 16.9. The summed E-state index contributed by atoms with van der Waals surface area (Å²) in [6.07, 6.45) is 1.68. The Bertz CT molecular complexity index is 651. The van der Waals surface area contributed by atoms with Gasteiger partial charge in [0.2, 0.25) is 0 Å². The summed E-state index contributed by atoms with van der Waals surface area (Å²) in [5.41, 5.74) is 4.30. The number of hydrogen-bond donors (Lipinski definition) is 2. The highest BCUT2D eigenvalue weighted by molar-refractivity contribution is 5.91. The number of para-hydroxylation sites is 1. The van der Waals surface area contributed by atoms with Gasteiger partial charge in [0.15, 0.2) is 0 Å². The second-order valence-electron chi connectivity index (χ2n) is 5.44. The van der Waals surface area contributed by atoms with Crippen LogP contribution in [-0.2, 0) is 12.8 Å². The first-order valence-electron chi connectivity index (χ1n) is 7.90. The number of benzene rings is 2. The van der Waals surface area contributed by atoms with Gasteiger partial charge in [0.05, 0.1) is 7.11 Å². The minimum Gasteiger partial charge on any atom is -0.497 e. The number of methoxy groups -OCH3 is 1. The van der Waals surface area contributed by atoms with Crippen molar-refractivity contribution in [3.8, 4) is 5.75 Å². The molecule has 0 fully saturated rings. The Kier molecular flexibility index (Phi) is 6.03. The Morgan fingerprint density at radius 2 is 1.87 bits per heavy atom. The van der Waals surface area contributed by atoms with Gasteiger partial charge in [0.1, 0.15) is 5.75 Å². The monoisotopic (exact) mass is 312 g/mol. The van der Waals surface area contributed by atoms with Gasteiger partial charge < -0.3 is 15.4 Å². The number of carbonyl (C=O) groups excluding carboxylic acids is 1. The first-order chi connectivity index (χ1) is 11.1. The molecule has 0 atom stereocenters. The number of anilines is 1. The Hall–Kier alpha value is -2.49. The summed E-state index contributed by atoms with van der Waals surface area (Å²) in [7, 11) is 1.65. The molecule has 0 unspecified atom stereocenters.